The number of carbonyl (C=O) groups excluding carboxylic acids is 3. The highest BCUT2D eigenvalue weighted by Crippen LogP contribution is 2.36. The number of carbonyl (C=O) groups is 3. The first-order valence-corrected chi connectivity index (χ1v) is 7.92. The van der Waals surface area contributed by atoms with Gasteiger partial charge in [0.25, 0.3) is 0 Å². The van der Waals surface area contributed by atoms with Crippen LogP contribution in [0, 0.1) is 5.41 Å². The van der Waals surface area contributed by atoms with Gasteiger partial charge in [-0.2, -0.15) is 0 Å². The Morgan fingerprint density at radius 3 is 2.59 bits per heavy atom. The molecule has 6 heteroatoms. The van der Waals surface area contributed by atoms with Crippen molar-refractivity contribution in [2.24, 2.45) is 5.41 Å². The number of cyclic esters (lactones) is 1. The van der Waals surface area contributed by atoms with Crippen LogP contribution in [0.5, 0.6) is 0 Å². The topological polar surface area (TPSA) is 69.7 Å². The molecule has 1 aromatic carbocycles. The number of hydrogen-bond donors (Lipinski definition) is 0. The standard InChI is InChI=1S/C16H17BrO5/c1-2-21-14(19)16(8-3-9-22-15(16)20)10-13(18)11-4-6-12(17)7-5-11/h4-7H,2-3,8-10H2,1H3/t16-/m0/s1. The lowest BCUT2D eigenvalue weighted by molar-refractivity contribution is -0.177. The van der Waals surface area contributed by atoms with E-state index >= 15 is 0 Å². The molecule has 2 rings (SSSR count). The van der Waals surface area contributed by atoms with Gasteiger partial charge in [0.2, 0.25) is 0 Å². The molecule has 0 aromatic heterocycles. The molecule has 1 saturated heterocycles. The molecule has 118 valence electrons. The van der Waals surface area contributed by atoms with Gasteiger partial charge in [-0.15, -0.1) is 0 Å². The molecule has 5 nitrogen and oxygen atoms in total. The van der Waals surface area contributed by atoms with Gasteiger partial charge in [-0.1, -0.05) is 28.1 Å². The summed E-state index contributed by atoms with van der Waals surface area (Å²) in [6.45, 7) is 2.09. The maximum atomic E-state index is 12.5. The highest BCUT2D eigenvalue weighted by Gasteiger charge is 2.51. The molecule has 22 heavy (non-hydrogen) atoms. The fourth-order valence-electron chi connectivity index (χ4n) is 2.48. The number of hydrogen-bond acceptors (Lipinski definition) is 5. The van der Waals surface area contributed by atoms with Crippen LogP contribution in [-0.4, -0.2) is 30.9 Å². The van der Waals surface area contributed by atoms with Crippen LogP contribution >= 0.6 is 15.9 Å². The Morgan fingerprint density at radius 2 is 2.00 bits per heavy atom. The molecule has 1 aliphatic rings. The molecule has 0 bridgehead atoms. The molecule has 1 fully saturated rings. The lowest BCUT2D eigenvalue weighted by atomic mass is 9.76. The average molecular weight is 369 g/mol. The highest BCUT2D eigenvalue weighted by atomic mass is 79.9. The van der Waals surface area contributed by atoms with Crippen LogP contribution in [0.4, 0.5) is 0 Å². The third-order valence-electron chi connectivity index (χ3n) is 3.67. The number of halogens is 1. The largest absolute Gasteiger partial charge is 0.465 e. The Hall–Kier alpha value is -1.69. The summed E-state index contributed by atoms with van der Waals surface area (Å²) >= 11 is 3.30. The van der Waals surface area contributed by atoms with Crippen molar-refractivity contribution in [3.8, 4) is 0 Å². The van der Waals surface area contributed by atoms with Crippen molar-refractivity contribution in [2.45, 2.75) is 26.2 Å². The van der Waals surface area contributed by atoms with Crippen LogP contribution in [0.25, 0.3) is 0 Å². The monoisotopic (exact) mass is 368 g/mol. The molecule has 1 aromatic rings. The number of esters is 2. The predicted molar refractivity (Wildman–Crippen MR) is 82.3 cm³/mol. The van der Waals surface area contributed by atoms with Gasteiger partial charge in [0, 0.05) is 16.5 Å². The molecular weight excluding hydrogens is 352 g/mol. The predicted octanol–water partition coefficient (Wildman–Crippen LogP) is 2.91. The summed E-state index contributed by atoms with van der Waals surface area (Å²) in [5.74, 6) is -1.62. The fourth-order valence-corrected chi connectivity index (χ4v) is 2.74. The van der Waals surface area contributed by atoms with Crippen molar-refractivity contribution in [2.75, 3.05) is 13.2 Å². The van der Waals surface area contributed by atoms with Crippen LogP contribution in [-0.2, 0) is 19.1 Å². The maximum Gasteiger partial charge on any atom is 0.323 e. The van der Waals surface area contributed by atoms with Crippen LogP contribution in [0.15, 0.2) is 28.7 Å². The summed E-state index contributed by atoms with van der Waals surface area (Å²) < 4.78 is 10.9. The average Bonchev–Trinajstić information content (AvgIpc) is 2.50. The van der Waals surface area contributed by atoms with E-state index < -0.39 is 17.4 Å². The van der Waals surface area contributed by atoms with Gasteiger partial charge in [-0.05, 0) is 31.9 Å². The number of rotatable bonds is 5. The SMILES string of the molecule is CCOC(=O)[C@@]1(CC(=O)c2ccc(Br)cc2)CCCOC1=O. The Balaban J connectivity index is 2.26. The molecular formula is C16H17BrO5. The Morgan fingerprint density at radius 1 is 1.32 bits per heavy atom. The smallest absolute Gasteiger partial charge is 0.323 e. The summed E-state index contributed by atoms with van der Waals surface area (Å²) in [6, 6.07) is 6.78. The zero-order valence-corrected chi connectivity index (χ0v) is 13.9. The summed E-state index contributed by atoms with van der Waals surface area (Å²) in [7, 11) is 0. The molecule has 1 atom stereocenters. The maximum absolute atomic E-state index is 12.5. The van der Waals surface area contributed by atoms with E-state index in [0.717, 1.165) is 4.47 Å². The van der Waals surface area contributed by atoms with Crippen molar-refractivity contribution < 1.29 is 23.9 Å². The van der Waals surface area contributed by atoms with E-state index in [1.165, 1.54) is 0 Å². The zero-order valence-electron chi connectivity index (χ0n) is 12.3. The second-order valence-corrected chi connectivity index (χ2v) is 6.06. The van der Waals surface area contributed by atoms with Crippen LogP contribution in [0.3, 0.4) is 0 Å². The normalized spacial score (nSPS) is 21.1. The third-order valence-corrected chi connectivity index (χ3v) is 4.20. The molecule has 1 aliphatic heterocycles. The second kappa shape index (κ2) is 7.05. The first kappa shape index (κ1) is 16.7. The van der Waals surface area contributed by atoms with Crippen LogP contribution in [0.1, 0.15) is 36.5 Å². The lowest BCUT2D eigenvalue weighted by Crippen LogP contribution is -2.46. The molecule has 0 unspecified atom stereocenters. The minimum absolute atomic E-state index is 0.153. The summed E-state index contributed by atoms with van der Waals surface area (Å²) in [5.41, 5.74) is -1.07. The van der Waals surface area contributed by atoms with Crippen molar-refractivity contribution >= 4 is 33.7 Å². The van der Waals surface area contributed by atoms with Gasteiger partial charge < -0.3 is 9.47 Å². The van der Waals surface area contributed by atoms with Gasteiger partial charge in [0.1, 0.15) is 0 Å². The fraction of sp³-hybridized carbons (Fsp3) is 0.438. The van der Waals surface area contributed by atoms with E-state index in [0.29, 0.717) is 12.0 Å². The molecule has 0 spiro atoms. The number of ketones is 1. The van der Waals surface area contributed by atoms with Gasteiger partial charge in [0.15, 0.2) is 11.2 Å². The third kappa shape index (κ3) is 3.38. The summed E-state index contributed by atoms with van der Waals surface area (Å²) in [5, 5.41) is 0. The Bertz CT molecular complexity index is 581. The Kier molecular flexibility index (Phi) is 5.34. The van der Waals surface area contributed by atoms with Gasteiger partial charge in [0.05, 0.1) is 13.2 Å². The quantitative estimate of drug-likeness (QED) is 0.454. The number of ether oxygens (including phenoxy) is 2. The van der Waals surface area contributed by atoms with Crippen molar-refractivity contribution in [1.29, 1.82) is 0 Å². The highest BCUT2D eigenvalue weighted by molar-refractivity contribution is 9.10. The minimum Gasteiger partial charge on any atom is -0.465 e. The Labute approximate surface area is 137 Å². The molecule has 0 amide bonds. The number of Topliss-reactive ketones (excluding diaryl/α,β-unsaturated/α-hetero) is 1. The van der Waals surface area contributed by atoms with Crippen molar-refractivity contribution in [3.05, 3.63) is 34.3 Å². The van der Waals surface area contributed by atoms with E-state index in [2.05, 4.69) is 15.9 Å². The van der Waals surface area contributed by atoms with E-state index in [-0.39, 0.29) is 31.8 Å². The second-order valence-electron chi connectivity index (χ2n) is 5.15. The molecule has 0 saturated carbocycles. The van der Waals surface area contributed by atoms with Crippen LogP contribution in [0.2, 0.25) is 0 Å². The van der Waals surface area contributed by atoms with E-state index in [1.54, 1.807) is 31.2 Å². The van der Waals surface area contributed by atoms with Crippen molar-refractivity contribution in [3.63, 3.8) is 0 Å². The van der Waals surface area contributed by atoms with Gasteiger partial charge in [-0.25, -0.2) is 0 Å². The zero-order chi connectivity index (χ0) is 16.2. The molecule has 1 heterocycles. The van der Waals surface area contributed by atoms with E-state index in [4.69, 9.17) is 9.47 Å². The minimum atomic E-state index is -1.52. The summed E-state index contributed by atoms with van der Waals surface area (Å²) in [6.07, 6.45) is 0.581. The molecule has 0 radical (unpaired) electrons. The first-order valence-electron chi connectivity index (χ1n) is 7.13. The lowest BCUT2D eigenvalue weighted by Gasteiger charge is -2.32. The first-order chi connectivity index (χ1) is 10.5. The van der Waals surface area contributed by atoms with E-state index in [1.807, 2.05) is 0 Å². The van der Waals surface area contributed by atoms with Crippen LogP contribution < -0.4 is 0 Å². The molecule has 0 aliphatic carbocycles. The summed E-state index contributed by atoms with van der Waals surface area (Å²) in [4.78, 5) is 36.9. The molecule has 0 N–H and O–H groups in total. The van der Waals surface area contributed by atoms with Crippen molar-refractivity contribution in [1.82, 2.24) is 0 Å². The van der Waals surface area contributed by atoms with Gasteiger partial charge >= 0.3 is 11.9 Å². The number of benzene rings is 1. The van der Waals surface area contributed by atoms with Gasteiger partial charge in [-0.3, -0.25) is 14.4 Å². The van der Waals surface area contributed by atoms with E-state index in [9.17, 15) is 14.4 Å².